The summed E-state index contributed by atoms with van der Waals surface area (Å²) in [5.74, 6) is -0.568. The SMILES string of the molecule is CCCCCC1(c2ccc(S(=O)CC)c([N+](=O)[O-])c2)OCCO1. The van der Waals surface area contributed by atoms with Crippen molar-refractivity contribution in [2.24, 2.45) is 0 Å². The molecule has 1 unspecified atom stereocenters. The van der Waals surface area contributed by atoms with Crippen LogP contribution >= 0.6 is 0 Å². The molecule has 0 spiro atoms. The maximum atomic E-state index is 12.0. The monoisotopic (exact) mass is 341 g/mol. The van der Waals surface area contributed by atoms with Crippen LogP contribution in [0.25, 0.3) is 0 Å². The summed E-state index contributed by atoms with van der Waals surface area (Å²) in [6, 6.07) is 4.77. The molecule has 7 heteroatoms. The van der Waals surface area contributed by atoms with Crippen LogP contribution in [0, 0.1) is 10.1 Å². The lowest BCUT2D eigenvalue weighted by atomic mass is 9.98. The highest BCUT2D eigenvalue weighted by molar-refractivity contribution is 7.85. The van der Waals surface area contributed by atoms with E-state index in [1.54, 1.807) is 19.1 Å². The van der Waals surface area contributed by atoms with E-state index in [1.807, 2.05) is 0 Å². The van der Waals surface area contributed by atoms with Crippen LogP contribution in [0.15, 0.2) is 23.1 Å². The predicted molar refractivity (Wildman–Crippen MR) is 87.8 cm³/mol. The van der Waals surface area contributed by atoms with Gasteiger partial charge in [-0.3, -0.25) is 14.3 Å². The molecule has 0 N–H and O–H groups in total. The van der Waals surface area contributed by atoms with Crippen molar-refractivity contribution < 1.29 is 18.6 Å². The molecule has 1 aromatic rings. The van der Waals surface area contributed by atoms with E-state index in [9.17, 15) is 14.3 Å². The summed E-state index contributed by atoms with van der Waals surface area (Å²) in [7, 11) is -1.38. The molecule has 0 saturated carbocycles. The predicted octanol–water partition coefficient (Wildman–Crippen LogP) is 3.50. The zero-order valence-corrected chi connectivity index (χ0v) is 14.4. The van der Waals surface area contributed by atoms with Crippen molar-refractivity contribution >= 4 is 16.5 Å². The van der Waals surface area contributed by atoms with Gasteiger partial charge in [0.25, 0.3) is 5.69 Å². The van der Waals surface area contributed by atoms with Crippen molar-refractivity contribution in [3.63, 3.8) is 0 Å². The Balaban J connectivity index is 2.38. The summed E-state index contributed by atoms with van der Waals surface area (Å²) in [6.07, 6.45) is 3.71. The minimum Gasteiger partial charge on any atom is -0.343 e. The van der Waals surface area contributed by atoms with Crippen LogP contribution in [0.3, 0.4) is 0 Å². The topological polar surface area (TPSA) is 78.7 Å². The number of nitrogens with zero attached hydrogens (tertiary/aromatic N) is 1. The molecule has 1 aliphatic rings. The second-order valence-electron chi connectivity index (χ2n) is 5.48. The molecule has 1 atom stereocenters. The molecule has 0 radical (unpaired) electrons. The molecule has 1 aliphatic heterocycles. The van der Waals surface area contributed by atoms with Crippen LogP contribution in [-0.2, 0) is 26.1 Å². The van der Waals surface area contributed by atoms with Gasteiger partial charge in [0, 0.05) is 23.8 Å². The van der Waals surface area contributed by atoms with Gasteiger partial charge >= 0.3 is 0 Å². The van der Waals surface area contributed by atoms with E-state index in [0.29, 0.717) is 31.0 Å². The maximum absolute atomic E-state index is 12.0. The normalized spacial score (nSPS) is 18.0. The van der Waals surface area contributed by atoms with Crippen molar-refractivity contribution in [2.45, 2.75) is 50.2 Å². The maximum Gasteiger partial charge on any atom is 0.285 e. The van der Waals surface area contributed by atoms with Gasteiger partial charge in [0.1, 0.15) is 4.90 Å². The Labute approximate surface area is 138 Å². The van der Waals surface area contributed by atoms with E-state index in [0.717, 1.165) is 19.3 Å². The first-order valence-corrected chi connectivity index (χ1v) is 9.31. The first kappa shape index (κ1) is 18.0. The Kier molecular flexibility index (Phi) is 6.26. The van der Waals surface area contributed by atoms with Crippen LogP contribution in [0.4, 0.5) is 5.69 Å². The van der Waals surface area contributed by atoms with Gasteiger partial charge in [-0.1, -0.05) is 32.8 Å². The summed E-state index contributed by atoms with van der Waals surface area (Å²) < 4.78 is 23.6. The third-order valence-corrected chi connectivity index (χ3v) is 5.33. The number of benzene rings is 1. The average Bonchev–Trinajstić information content (AvgIpc) is 3.03. The van der Waals surface area contributed by atoms with Crippen molar-refractivity contribution in [3.8, 4) is 0 Å². The molecular formula is C16H23NO5S. The first-order valence-electron chi connectivity index (χ1n) is 7.99. The zero-order chi connectivity index (χ0) is 16.9. The number of unbranched alkanes of at least 4 members (excludes halogenated alkanes) is 2. The summed E-state index contributed by atoms with van der Waals surface area (Å²) >= 11 is 0. The van der Waals surface area contributed by atoms with Gasteiger partial charge in [-0.05, 0) is 12.5 Å². The fraction of sp³-hybridized carbons (Fsp3) is 0.625. The number of rotatable bonds is 8. The molecule has 0 bridgehead atoms. The number of nitro benzene ring substituents is 1. The van der Waals surface area contributed by atoms with Gasteiger partial charge in [-0.15, -0.1) is 0 Å². The van der Waals surface area contributed by atoms with Crippen LogP contribution in [0.2, 0.25) is 0 Å². The van der Waals surface area contributed by atoms with E-state index in [-0.39, 0.29) is 10.6 Å². The Morgan fingerprint density at radius 2 is 1.96 bits per heavy atom. The third kappa shape index (κ3) is 3.97. The minimum absolute atomic E-state index is 0.128. The van der Waals surface area contributed by atoms with E-state index >= 15 is 0 Å². The molecule has 0 aliphatic carbocycles. The number of ether oxygens (including phenoxy) is 2. The molecule has 0 aromatic heterocycles. The first-order chi connectivity index (χ1) is 11.0. The minimum atomic E-state index is -1.38. The van der Waals surface area contributed by atoms with E-state index < -0.39 is 21.5 Å². The molecule has 2 rings (SSSR count). The standard InChI is InChI=1S/C16H23NO5S/c1-3-5-6-9-16(21-10-11-22-16)13-7-8-15(23(20)4-2)14(12-13)17(18)19/h7-8,12H,3-6,9-11H2,1-2H3. The number of hydrogen-bond acceptors (Lipinski definition) is 5. The molecule has 0 amide bonds. The molecule has 1 fully saturated rings. The van der Waals surface area contributed by atoms with Gasteiger partial charge in [0.15, 0.2) is 5.79 Å². The third-order valence-electron chi connectivity index (χ3n) is 3.97. The molecule has 1 heterocycles. The Morgan fingerprint density at radius 1 is 1.26 bits per heavy atom. The van der Waals surface area contributed by atoms with Crippen molar-refractivity contribution in [2.75, 3.05) is 19.0 Å². The van der Waals surface area contributed by atoms with E-state index in [2.05, 4.69) is 6.92 Å². The van der Waals surface area contributed by atoms with Crippen molar-refractivity contribution in [1.29, 1.82) is 0 Å². The fourth-order valence-corrected chi connectivity index (χ4v) is 3.66. The molecular weight excluding hydrogens is 318 g/mol. The summed E-state index contributed by atoms with van der Waals surface area (Å²) in [6.45, 7) is 4.80. The second kappa shape index (κ2) is 7.99. The molecule has 6 nitrogen and oxygen atoms in total. The number of nitro groups is 1. The zero-order valence-electron chi connectivity index (χ0n) is 13.6. The van der Waals surface area contributed by atoms with Crippen molar-refractivity contribution in [3.05, 3.63) is 33.9 Å². The molecule has 128 valence electrons. The van der Waals surface area contributed by atoms with Gasteiger partial charge < -0.3 is 9.47 Å². The van der Waals surface area contributed by atoms with Gasteiger partial charge in [0.05, 0.1) is 28.9 Å². The fourth-order valence-electron chi connectivity index (χ4n) is 2.76. The average molecular weight is 341 g/mol. The smallest absolute Gasteiger partial charge is 0.285 e. The van der Waals surface area contributed by atoms with Crippen LogP contribution in [-0.4, -0.2) is 28.1 Å². The van der Waals surface area contributed by atoms with E-state index in [1.165, 1.54) is 6.07 Å². The number of hydrogen-bond donors (Lipinski definition) is 0. The Morgan fingerprint density at radius 3 is 2.52 bits per heavy atom. The van der Waals surface area contributed by atoms with Gasteiger partial charge in [0.2, 0.25) is 0 Å². The Bertz CT molecular complexity index is 584. The van der Waals surface area contributed by atoms with E-state index in [4.69, 9.17) is 9.47 Å². The highest BCUT2D eigenvalue weighted by Crippen LogP contribution is 2.39. The molecule has 1 saturated heterocycles. The summed E-state index contributed by atoms with van der Waals surface area (Å²) in [5, 5.41) is 11.4. The molecule has 1 aromatic carbocycles. The largest absolute Gasteiger partial charge is 0.343 e. The summed E-state index contributed by atoms with van der Waals surface area (Å²) in [5.41, 5.74) is 0.506. The van der Waals surface area contributed by atoms with Crippen LogP contribution in [0.1, 0.15) is 45.1 Å². The second-order valence-corrected chi connectivity index (χ2v) is 7.19. The van der Waals surface area contributed by atoms with Gasteiger partial charge in [-0.25, -0.2) is 0 Å². The quantitative estimate of drug-likeness (QED) is 0.411. The van der Waals surface area contributed by atoms with Crippen LogP contribution in [0.5, 0.6) is 0 Å². The highest BCUT2D eigenvalue weighted by Gasteiger charge is 2.39. The summed E-state index contributed by atoms with van der Waals surface area (Å²) in [4.78, 5) is 11.1. The highest BCUT2D eigenvalue weighted by atomic mass is 32.2. The van der Waals surface area contributed by atoms with Crippen molar-refractivity contribution in [1.82, 2.24) is 0 Å². The Hall–Kier alpha value is -1.31. The lowest BCUT2D eigenvalue weighted by molar-refractivity contribution is -0.388. The van der Waals surface area contributed by atoms with Gasteiger partial charge in [-0.2, -0.15) is 0 Å². The molecule has 23 heavy (non-hydrogen) atoms. The van der Waals surface area contributed by atoms with Crippen LogP contribution < -0.4 is 0 Å². The lowest BCUT2D eigenvalue weighted by Gasteiger charge is -2.28. The lowest BCUT2D eigenvalue weighted by Crippen LogP contribution is -2.27.